The van der Waals surface area contributed by atoms with Crippen molar-refractivity contribution in [2.45, 2.75) is 57.0 Å². The minimum Gasteiger partial charge on any atom is -0.357 e. The first kappa shape index (κ1) is 20.1. The van der Waals surface area contributed by atoms with Gasteiger partial charge in [0.15, 0.2) is 0 Å². The molecule has 1 aromatic heterocycles. The molecular weight excluding hydrogens is 370 g/mol. The van der Waals surface area contributed by atoms with E-state index in [9.17, 15) is 0 Å². The van der Waals surface area contributed by atoms with E-state index in [-0.39, 0.29) is 0 Å². The minimum absolute atomic E-state index is 0.791. The average molecular weight is 408 g/mol. The van der Waals surface area contributed by atoms with E-state index in [2.05, 4.69) is 54.9 Å². The molecule has 30 heavy (non-hydrogen) atoms. The summed E-state index contributed by atoms with van der Waals surface area (Å²) in [5.74, 6) is 1.35. The third kappa shape index (κ3) is 4.42. The van der Waals surface area contributed by atoms with Gasteiger partial charge in [-0.15, -0.1) is 0 Å². The number of nitrogens with zero attached hydrogens (tertiary/aromatic N) is 5. The molecule has 1 saturated carbocycles. The Hall–Kier alpha value is -1.85. The van der Waals surface area contributed by atoms with Crippen LogP contribution in [0.15, 0.2) is 48.6 Å². The summed E-state index contributed by atoms with van der Waals surface area (Å²) in [7, 11) is 0. The van der Waals surface area contributed by atoms with E-state index in [1.54, 1.807) is 0 Å². The zero-order chi connectivity index (χ0) is 20.2. The highest BCUT2D eigenvalue weighted by molar-refractivity contribution is 5.53. The fourth-order valence-corrected chi connectivity index (χ4v) is 5.96. The maximum absolute atomic E-state index is 4.20. The Kier molecular flexibility index (Phi) is 6.37. The van der Waals surface area contributed by atoms with Gasteiger partial charge < -0.3 is 14.7 Å². The lowest BCUT2D eigenvalue weighted by Gasteiger charge is -2.40. The van der Waals surface area contributed by atoms with Crippen LogP contribution in [0.25, 0.3) is 0 Å². The van der Waals surface area contributed by atoms with Gasteiger partial charge in [0.1, 0.15) is 5.82 Å². The Morgan fingerprint density at radius 2 is 1.47 bits per heavy atom. The first-order chi connectivity index (χ1) is 14.9. The van der Waals surface area contributed by atoms with Crippen molar-refractivity contribution >= 4 is 5.69 Å². The molecule has 0 unspecified atom stereocenters. The number of likely N-dealkylation sites (tertiary alicyclic amines) is 1. The van der Waals surface area contributed by atoms with Crippen LogP contribution in [0.2, 0.25) is 0 Å². The SMILES string of the molecule is C1=CCN(c2ccncc2)C(N2CCCN(C3CCN(C4CCCC4)CC3)CC2)=C1. The number of pyridine rings is 1. The average Bonchev–Trinajstić information content (AvgIpc) is 3.25. The molecule has 5 rings (SSSR count). The number of rotatable bonds is 4. The van der Waals surface area contributed by atoms with Crippen LogP contribution < -0.4 is 4.90 Å². The number of aromatic nitrogens is 1. The molecule has 1 aromatic rings. The molecule has 0 radical (unpaired) electrons. The summed E-state index contributed by atoms with van der Waals surface area (Å²) in [6, 6.07) is 5.93. The number of hydrogen-bond acceptors (Lipinski definition) is 5. The van der Waals surface area contributed by atoms with Crippen LogP contribution >= 0.6 is 0 Å². The van der Waals surface area contributed by atoms with E-state index in [0.29, 0.717) is 0 Å². The van der Waals surface area contributed by atoms with E-state index in [1.807, 2.05) is 12.4 Å². The van der Waals surface area contributed by atoms with Crippen molar-refractivity contribution in [2.75, 3.05) is 50.7 Å². The second kappa shape index (κ2) is 9.52. The van der Waals surface area contributed by atoms with Gasteiger partial charge in [0.25, 0.3) is 0 Å². The highest BCUT2D eigenvalue weighted by Crippen LogP contribution is 2.29. The summed E-state index contributed by atoms with van der Waals surface area (Å²) >= 11 is 0. The van der Waals surface area contributed by atoms with Crippen LogP contribution in [0.1, 0.15) is 44.9 Å². The highest BCUT2D eigenvalue weighted by atomic mass is 15.4. The van der Waals surface area contributed by atoms with Crippen molar-refractivity contribution in [3.63, 3.8) is 0 Å². The van der Waals surface area contributed by atoms with Gasteiger partial charge in [0.2, 0.25) is 0 Å². The summed E-state index contributed by atoms with van der Waals surface area (Å²) in [6.45, 7) is 8.31. The summed E-state index contributed by atoms with van der Waals surface area (Å²) in [6.07, 6.45) is 20.3. The topological polar surface area (TPSA) is 25.9 Å². The third-order valence-electron chi connectivity index (χ3n) is 7.63. The van der Waals surface area contributed by atoms with E-state index in [1.165, 1.54) is 82.6 Å². The van der Waals surface area contributed by atoms with Crippen LogP contribution in [-0.4, -0.2) is 77.6 Å². The third-order valence-corrected chi connectivity index (χ3v) is 7.63. The van der Waals surface area contributed by atoms with Crippen molar-refractivity contribution in [1.82, 2.24) is 19.7 Å². The molecule has 5 heteroatoms. The van der Waals surface area contributed by atoms with Gasteiger partial charge in [0, 0.05) is 62.9 Å². The fourth-order valence-electron chi connectivity index (χ4n) is 5.96. The first-order valence-corrected chi connectivity index (χ1v) is 12.2. The molecule has 0 atom stereocenters. The summed E-state index contributed by atoms with van der Waals surface area (Å²) in [4.78, 5) is 14.8. The Morgan fingerprint density at radius 3 is 2.27 bits per heavy atom. The van der Waals surface area contributed by atoms with Gasteiger partial charge in [-0.25, -0.2) is 0 Å². The number of anilines is 1. The lowest BCUT2D eigenvalue weighted by Crippen LogP contribution is -2.48. The molecular formula is C25H37N5. The maximum atomic E-state index is 4.20. The molecule has 2 saturated heterocycles. The van der Waals surface area contributed by atoms with Gasteiger partial charge in [-0.2, -0.15) is 0 Å². The van der Waals surface area contributed by atoms with Gasteiger partial charge >= 0.3 is 0 Å². The molecule has 3 aliphatic heterocycles. The molecule has 0 amide bonds. The zero-order valence-electron chi connectivity index (χ0n) is 18.3. The number of hydrogen-bond donors (Lipinski definition) is 0. The molecule has 4 aliphatic rings. The number of piperidine rings is 1. The standard InChI is InChI=1S/C25H37N5/c1-2-7-22(6-1)28-18-11-23(12-19-28)27-15-5-16-29(21-20-27)25-8-3-4-17-30(25)24-9-13-26-14-10-24/h3-4,8-10,13-14,22-23H,1-2,5-7,11-12,15-21H2. The van der Waals surface area contributed by atoms with E-state index in [0.717, 1.165) is 31.7 Å². The highest BCUT2D eigenvalue weighted by Gasteiger charge is 2.31. The maximum Gasteiger partial charge on any atom is 0.109 e. The van der Waals surface area contributed by atoms with Gasteiger partial charge in [-0.3, -0.25) is 9.88 Å². The van der Waals surface area contributed by atoms with Crippen LogP contribution in [0.4, 0.5) is 5.69 Å². The van der Waals surface area contributed by atoms with Crippen molar-refractivity contribution in [1.29, 1.82) is 0 Å². The van der Waals surface area contributed by atoms with Gasteiger partial charge in [-0.05, 0) is 63.4 Å². The summed E-state index contributed by atoms with van der Waals surface area (Å²) < 4.78 is 0. The summed E-state index contributed by atoms with van der Waals surface area (Å²) in [5, 5.41) is 0. The first-order valence-electron chi connectivity index (χ1n) is 12.2. The van der Waals surface area contributed by atoms with Crippen molar-refractivity contribution in [3.8, 4) is 0 Å². The van der Waals surface area contributed by atoms with Gasteiger partial charge in [-0.1, -0.05) is 25.0 Å². The smallest absolute Gasteiger partial charge is 0.109 e. The Balaban J connectivity index is 1.18. The van der Waals surface area contributed by atoms with Crippen molar-refractivity contribution in [2.24, 2.45) is 0 Å². The summed E-state index contributed by atoms with van der Waals surface area (Å²) in [5.41, 5.74) is 1.24. The van der Waals surface area contributed by atoms with E-state index >= 15 is 0 Å². The Labute approximate surface area is 182 Å². The normalized spacial score (nSPS) is 25.5. The zero-order valence-corrected chi connectivity index (χ0v) is 18.3. The molecule has 0 N–H and O–H groups in total. The predicted molar refractivity (Wildman–Crippen MR) is 123 cm³/mol. The molecule has 0 spiro atoms. The molecule has 0 aromatic carbocycles. The molecule has 4 heterocycles. The number of allylic oxidation sites excluding steroid dienone is 2. The lowest BCUT2D eigenvalue weighted by atomic mass is 10.0. The predicted octanol–water partition coefficient (Wildman–Crippen LogP) is 3.71. The quantitative estimate of drug-likeness (QED) is 0.758. The lowest BCUT2D eigenvalue weighted by molar-refractivity contribution is 0.0870. The monoisotopic (exact) mass is 407 g/mol. The van der Waals surface area contributed by atoms with Crippen LogP contribution in [0.5, 0.6) is 0 Å². The molecule has 162 valence electrons. The Bertz CT molecular complexity index is 731. The minimum atomic E-state index is 0.791. The molecule has 1 aliphatic carbocycles. The van der Waals surface area contributed by atoms with Crippen LogP contribution in [0, 0.1) is 0 Å². The van der Waals surface area contributed by atoms with E-state index in [4.69, 9.17) is 0 Å². The fraction of sp³-hybridized carbons (Fsp3) is 0.640. The van der Waals surface area contributed by atoms with Crippen LogP contribution in [-0.2, 0) is 0 Å². The molecule has 3 fully saturated rings. The second-order valence-corrected chi connectivity index (χ2v) is 9.35. The van der Waals surface area contributed by atoms with Gasteiger partial charge in [0.05, 0.1) is 0 Å². The largest absolute Gasteiger partial charge is 0.357 e. The van der Waals surface area contributed by atoms with Crippen molar-refractivity contribution < 1.29 is 0 Å². The van der Waals surface area contributed by atoms with E-state index < -0.39 is 0 Å². The molecule has 0 bridgehead atoms. The molecule has 5 nitrogen and oxygen atoms in total. The van der Waals surface area contributed by atoms with Crippen LogP contribution in [0.3, 0.4) is 0 Å². The Morgan fingerprint density at radius 1 is 0.733 bits per heavy atom. The second-order valence-electron chi connectivity index (χ2n) is 9.35. The van der Waals surface area contributed by atoms with Crippen molar-refractivity contribution in [3.05, 3.63) is 48.6 Å².